The van der Waals surface area contributed by atoms with Crippen LogP contribution in [0.3, 0.4) is 0 Å². The average Bonchev–Trinajstić information content (AvgIpc) is 2.91. The van der Waals surface area contributed by atoms with Crippen molar-refractivity contribution >= 4 is 35.5 Å². The third-order valence-corrected chi connectivity index (χ3v) is 6.96. The van der Waals surface area contributed by atoms with E-state index in [1.807, 2.05) is 0 Å². The van der Waals surface area contributed by atoms with Crippen molar-refractivity contribution in [1.82, 2.24) is 4.90 Å². The summed E-state index contributed by atoms with van der Waals surface area (Å²) in [7, 11) is 0. The maximum Gasteiger partial charge on any atom is 0.419 e. The molecule has 2 aromatic rings. The fourth-order valence-electron chi connectivity index (χ4n) is 3.53. The van der Waals surface area contributed by atoms with Crippen LogP contribution in [0, 0.1) is 0 Å². The summed E-state index contributed by atoms with van der Waals surface area (Å²) in [6.45, 7) is 0.353. The van der Waals surface area contributed by atoms with Crippen LogP contribution in [0.15, 0.2) is 60.7 Å². The van der Waals surface area contributed by atoms with Gasteiger partial charge in [0.15, 0.2) is 0 Å². The molecule has 2 amide bonds. The van der Waals surface area contributed by atoms with E-state index < -0.39 is 34.7 Å². The van der Waals surface area contributed by atoms with Crippen molar-refractivity contribution < 1.29 is 29.0 Å². The molecule has 1 unspecified atom stereocenters. The highest BCUT2D eigenvalue weighted by atomic mass is 32.2. The normalized spacial score (nSPS) is 13.3. The molecule has 0 radical (unpaired) electrons. The van der Waals surface area contributed by atoms with Gasteiger partial charge in [0.25, 0.3) is 10.8 Å². The number of amides is 2. The molecule has 11 heteroatoms. The van der Waals surface area contributed by atoms with Crippen molar-refractivity contribution in [2.24, 2.45) is 17.2 Å². The van der Waals surface area contributed by atoms with Crippen molar-refractivity contribution in [3.63, 3.8) is 0 Å². The Labute approximate surface area is 220 Å². The quantitative estimate of drug-likeness (QED) is 0.116. The number of hydrogen-bond acceptors (Lipinski definition) is 9. The first-order chi connectivity index (χ1) is 17.8. The molecule has 37 heavy (non-hydrogen) atoms. The van der Waals surface area contributed by atoms with E-state index in [1.165, 1.54) is 12.1 Å². The van der Waals surface area contributed by atoms with Crippen LogP contribution in [0.5, 0.6) is 0 Å². The van der Waals surface area contributed by atoms with Crippen molar-refractivity contribution in [2.45, 2.75) is 43.2 Å². The van der Waals surface area contributed by atoms with Crippen molar-refractivity contribution in [3.05, 3.63) is 71.8 Å². The minimum Gasteiger partial charge on any atom is -0.478 e. The third-order valence-electron chi connectivity index (χ3n) is 5.50. The van der Waals surface area contributed by atoms with E-state index in [4.69, 9.17) is 21.9 Å². The van der Waals surface area contributed by atoms with Gasteiger partial charge in [0.2, 0.25) is 5.78 Å². The first-order valence-electron chi connectivity index (χ1n) is 12.0. The molecule has 2 atom stereocenters. The zero-order valence-electron chi connectivity index (χ0n) is 20.6. The minimum absolute atomic E-state index is 0.00973. The van der Waals surface area contributed by atoms with Crippen LogP contribution >= 0.6 is 11.8 Å². The molecule has 0 aromatic heterocycles. The second-order valence-electron chi connectivity index (χ2n) is 8.24. The summed E-state index contributed by atoms with van der Waals surface area (Å²) in [5.74, 6) is -3.59. The van der Waals surface area contributed by atoms with Gasteiger partial charge in [0.1, 0.15) is 6.61 Å². The van der Waals surface area contributed by atoms with E-state index in [2.05, 4.69) is 0 Å². The summed E-state index contributed by atoms with van der Waals surface area (Å²) in [5.41, 5.74) is 17.9. The lowest BCUT2D eigenvalue weighted by molar-refractivity contribution is -0.149. The van der Waals surface area contributed by atoms with Gasteiger partial charge < -0.3 is 27.0 Å². The van der Waals surface area contributed by atoms with Gasteiger partial charge in [-0.15, -0.1) is 11.8 Å². The Morgan fingerprint density at radius 3 is 2.08 bits per heavy atom. The molecule has 200 valence electrons. The molecule has 0 bridgehead atoms. The number of imide groups is 1. The van der Waals surface area contributed by atoms with Crippen LogP contribution in [-0.4, -0.2) is 63.5 Å². The first kappa shape index (κ1) is 30.0. The number of nitrogens with two attached hydrogens (primary N) is 3. The molecule has 0 saturated carbocycles. The molecule has 0 aliphatic carbocycles. The number of ketones is 1. The first-order valence-corrected chi connectivity index (χ1v) is 13.0. The highest BCUT2D eigenvalue weighted by Crippen LogP contribution is 2.36. The van der Waals surface area contributed by atoms with E-state index in [-0.39, 0.29) is 30.9 Å². The lowest BCUT2D eigenvalue weighted by Crippen LogP contribution is -2.65. The van der Waals surface area contributed by atoms with Crippen LogP contribution in [0.1, 0.15) is 41.6 Å². The Balaban J connectivity index is 2.58. The number of nitrogens with zero attached hydrogens (tertiary/aromatic N) is 1. The topological polar surface area (TPSA) is 179 Å². The molecule has 0 saturated heterocycles. The number of hydrogen-bond donors (Lipinski definition) is 4. The van der Waals surface area contributed by atoms with Crippen molar-refractivity contribution in [1.29, 1.82) is 0 Å². The van der Waals surface area contributed by atoms with Gasteiger partial charge >= 0.3 is 12.1 Å². The number of rotatable bonds is 15. The Morgan fingerprint density at radius 1 is 0.919 bits per heavy atom. The van der Waals surface area contributed by atoms with Crippen molar-refractivity contribution in [3.8, 4) is 0 Å². The zero-order valence-corrected chi connectivity index (χ0v) is 21.4. The van der Waals surface area contributed by atoms with Crippen LogP contribution < -0.4 is 17.2 Å². The van der Waals surface area contributed by atoms with Gasteiger partial charge in [0, 0.05) is 5.56 Å². The summed E-state index contributed by atoms with van der Waals surface area (Å²) in [6.07, 6.45) is 0.253. The molecule has 0 heterocycles. The predicted molar refractivity (Wildman–Crippen MR) is 142 cm³/mol. The minimum atomic E-state index is -2.66. The second kappa shape index (κ2) is 15.1. The fourth-order valence-corrected chi connectivity index (χ4v) is 4.80. The largest absolute Gasteiger partial charge is 0.478 e. The highest BCUT2D eigenvalue weighted by molar-refractivity contribution is 8.02. The number of carbonyl (C=O) groups excluding carboxylic acids is 3. The van der Waals surface area contributed by atoms with Gasteiger partial charge in [-0.05, 0) is 43.7 Å². The smallest absolute Gasteiger partial charge is 0.419 e. The molecule has 0 fully saturated rings. The van der Waals surface area contributed by atoms with Gasteiger partial charge in [-0.25, -0.2) is 14.5 Å². The molecular weight excluding hydrogens is 496 g/mol. The summed E-state index contributed by atoms with van der Waals surface area (Å²) in [6, 6.07) is 15.0. The number of thioether (sulfide) groups is 1. The summed E-state index contributed by atoms with van der Waals surface area (Å²) < 4.78 is 5.37. The maximum atomic E-state index is 13.8. The number of ether oxygens (including phenoxy) is 1. The summed E-state index contributed by atoms with van der Waals surface area (Å²) >= 11 is 0.636. The van der Waals surface area contributed by atoms with E-state index >= 15 is 0 Å². The number of unbranched alkanes of at least 4 members (excludes halogenated alkanes) is 1. The number of Topliss-reactive ketones (excluding diaryl/α,β-unsaturated/α-hetero) is 1. The van der Waals surface area contributed by atoms with Gasteiger partial charge in [0.05, 0.1) is 6.04 Å². The van der Waals surface area contributed by atoms with E-state index in [0.29, 0.717) is 48.0 Å². The zero-order chi connectivity index (χ0) is 27.3. The number of carboxylic acids is 1. The molecule has 7 N–H and O–H groups in total. The molecule has 10 nitrogen and oxygen atoms in total. The molecule has 0 spiro atoms. The van der Waals surface area contributed by atoms with Crippen LogP contribution in [0.2, 0.25) is 0 Å². The number of carboxylic acid groups (broad SMARTS) is 1. The number of aliphatic carboxylic acids is 1. The van der Waals surface area contributed by atoms with Gasteiger partial charge in [-0.3, -0.25) is 9.59 Å². The lowest BCUT2D eigenvalue weighted by Gasteiger charge is -2.37. The Kier molecular flexibility index (Phi) is 12.2. The van der Waals surface area contributed by atoms with E-state index in [1.54, 1.807) is 48.5 Å². The standard InChI is InChI=1S/C26H34N4O6S/c27-15-8-7-14-21(29)23(32)30(25(35)36-18-19-10-3-1-4-11-19)26(24(33)34,37-17-9-16-28)22(31)20-12-5-2-6-13-20/h1-6,10-13,21H,7-9,14-18,27-29H2,(H,33,34)/t21-,26?/m0/s1. The Morgan fingerprint density at radius 2 is 1.51 bits per heavy atom. The highest BCUT2D eigenvalue weighted by Gasteiger charge is 2.58. The van der Waals surface area contributed by atoms with Crippen molar-refractivity contribution in [2.75, 3.05) is 18.8 Å². The molecule has 2 aromatic carbocycles. The summed E-state index contributed by atoms with van der Waals surface area (Å²) in [4.78, 5) is 51.5. The molecular formula is C26H34N4O6S. The van der Waals surface area contributed by atoms with E-state index in [0.717, 1.165) is 0 Å². The monoisotopic (exact) mass is 530 g/mol. The molecule has 2 rings (SSSR count). The second-order valence-corrected chi connectivity index (χ2v) is 9.53. The number of carbonyl (C=O) groups is 4. The number of benzene rings is 2. The average molecular weight is 531 g/mol. The lowest BCUT2D eigenvalue weighted by atomic mass is 10.0. The fraction of sp³-hybridized carbons (Fsp3) is 0.385. The SMILES string of the molecule is NCCCC[C@H](N)C(=O)N(C(=O)OCc1ccccc1)C(SCCCN)(C(=O)O)C(=O)c1ccccc1. The van der Waals surface area contributed by atoms with Crippen LogP contribution in [0.25, 0.3) is 0 Å². The Bertz CT molecular complexity index is 1040. The Hall–Kier alpha value is -3.25. The molecule has 0 aliphatic rings. The molecule has 0 aliphatic heterocycles. The van der Waals surface area contributed by atoms with Crippen LogP contribution in [0.4, 0.5) is 4.79 Å². The summed E-state index contributed by atoms with van der Waals surface area (Å²) in [5, 5.41) is 10.5. The van der Waals surface area contributed by atoms with Gasteiger partial charge in [-0.1, -0.05) is 67.1 Å². The van der Waals surface area contributed by atoms with Gasteiger partial charge in [-0.2, -0.15) is 0 Å². The van der Waals surface area contributed by atoms with Crippen LogP contribution in [-0.2, 0) is 20.9 Å². The maximum absolute atomic E-state index is 13.8. The third kappa shape index (κ3) is 7.86. The predicted octanol–water partition coefficient (Wildman–Crippen LogP) is 2.35. The van der Waals surface area contributed by atoms with E-state index in [9.17, 15) is 24.3 Å².